The molecule has 0 aliphatic carbocycles. The lowest BCUT2D eigenvalue weighted by atomic mass is 10.3. The first kappa shape index (κ1) is 10.1. The molecule has 0 aliphatic heterocycles. The lowest BCUT2D eigenvalue weighted by Crippen LogP contribution is -1.97. The molecule has 0 amide bonds. The maximum atomic E-state index is 9.07. The molecule has 15 heavy (non-hydrogen) atoms. The average molecular weight is 225 g/mol. The Kier molecular flexibility index (Phi) is 2.66. The van der Waals surface area contributed by atoms with Crippen molar-refractivity contribution in [1.29, 1.82) is 0 Å². The van der Waals surface area contributed by atoms with Gasteiger partial charge in [-0.1, -0.05) is 11.6 Å². The Morgan fingerprint density at radius 2 is 2.07 bits per heavy atom. The normalized spacial score (nSPS) is 10.6. The summed E-state index contributed by atoms with van der Waals surface area (Å²) in [5, 5.41) is 13.6. The van der Waals surface area contributed by atoms with Gasteiger partial charge >= 0.3 is 0 Å². The monoisotopic (exact) mass is 224 g/mol. The summed E-state index contributed by atoms with van der Waals surface area (Å²) in [6, 6.07) is 1.72. The van der Waals surface area contributed by atoms with E-state index in [1.165, 1.54) is 4.68 Å². The third kappa shape index (κ3) is 1.71. The second kappa shape index (κ2) is 3.96. The number of aryl methyl sites for hydroxylation is 1. The zero-order valence-electron chi connectivity index (χ0n) is 8.05. The van der Waals surface area contributed by atoms with Crippen LogP contribution in [0.5, 0.6) is 0 Å². The van der Waals surface area contributed by atoms with Crippen molar-refractivity contribution in [1.82, 2.24) is 19.7 Å². The van der Waals surface area contributed by atoms with Gasteiger partial charge in [0.25, 0.3) is 0 Å². The van der Waals surface area contributed by atoms with Gasteiger partial charge in [0, 0.05) is 19.4 Å². The van der Waals surface area contributed by atoms with Gasteiger partial charge in [0.15, 0.2) is 5.82 Å². The van der Waals surface area contributed by atoms with Crippen molar-refractivity contribution in [2.45, 2.75) is 6.61 Å². The SMILES string of the molecule is Cn1nc(-c2ncccn2)c(Cl)c1CO. The maximum absolute atomic E-state index is 9.07. The summed E-state index contributed by atoms with van der Waals surface area (Å²) >= 11 is 6.04. The van der Waals surface area contributed by atoms with E-state index in [1.54, 1.807) is 25.5 Å². The van der Waals surface area contributed by atoms with Crippen LogP contribution < -0.4 is 0 Å². The second-order valence-electron chi connectivity index (χ2n) is 2.96. The molecule has 2 rings (SSSR count). The molecule has 0 spiro atoms. The molecule has 0 saturated heterocycles. The molecule has 5 nitrogen and oxygen atoms in total. The van der Waals surface area contributed by atoms with Crippen molar-refractivity contribution >= 4 is 11.6 Å². The number of halogens is 1. The molecule has 2 aromatic rings. The maximum Gasteiger partial charge on any atom is 0.181 e. The Morgan fingerprint density at radius 3 is 2.60 bits per heavy atom. The predicted molar refractivity (Wildman–Crippen MR) is 55.2 cm³/mol. The van der Waals surface area contributed by atoms with E-state index in [0.717, 1.165) is 0 Å². The minimum atomic E-state index is -0.158. The van der Waals surface area contributed by atoms with Gasteiger partial charge in [0.05, 0.1) is 17.3 Å². The molecule has 0 unspecified atom stereocenters. The quantitative estimate of drug-likeness (QED) is 0.828. The molecule has 2 heterocycles. The minimum Gasteiger partial charge on any atom is -0.390 e. The van der Waals surface area contributed by atoms with Gasteiger partial charge in [0.1, 0.15) is 5.69 Å². The van der Waals surface area contributed by atoms with Gasteiger partial charge in [-0.3, -0.25) is 4.68 Å². The van der Waals surface area contributed by atoms with Crippen molar-refractivity contribution in [2.75, 3.05) is 0 Å². The molecule has 0 aliphatic rings. The Labute approximate surface area is 91.4 Å². The molecule has 0 saturated carbocycles. The highest BCUT2D eigenvalue weighted by molar-refractivity contribution is 6.33. The summed E-state index contributed by atoms with van der Waals surface area (Å²) in [4.78, 5) is 8.09. The van der Waals surface area contributed by atoms with Crippen LogP contribution in [0.25, 0.3) is 11.5 Å². The summed E-state index contributed by atoms with van der Waals surface area (Å²) in [5.41, 5.74) is 1.04. The molecule has 0 radical (unpaired) electrons. The third-order valence-corrected chi connectivity index (χ3v) is 2.43. The number of aliphatic hydroxyl groups is 1. The highest BCUT2D eigenvalue weighted by atomic mass is 35.5. The van der Waals surface area contributed by atoms with Crippen LogP contribution in [0.4, 0.5) is 0 Å². The van der Waals surface area contributed by atoms with Gasteiger partial charge in [-0.2, -0.15) is 5.10 Å². The smallest absolute Gasteiger partial charge is 0.181 e. The lowest BCUT2D eigenvalue weighted by molar-refractivity contribution is 0.270. The Hall–Kier alpha value is -1.46. The van der Waals surface area contributed by atoms with Crippen molar-refractivity contribution in [3.8, 4) is 11.5 Å². The van der Waals surface area contributed by atoms with Crippen molar-refractivity contribution in [2.24, 2.45) is 7.05 Å². The summed E-state index contributed by atoms with van der Waals surface area (Å²) < 4.78 is 1.52. The fourth-order valence-electron chi connectivity index (χ4n) is 1.27. The van der Waals surface area contributed by atoms with E-state index in [9.17, 15) is 0 Å². The third-order valence-electron chi connectivity index (χ3n) is 2.03. The molecule has 78 valence electrons. The summed E-state index contributed by atoms with van der Waals surface area (Å²) in [6.07, 6.45) is 3.23. The Balaban J connectivity index is 2.55. The van der Waals surface area contributed by atoms with Gasteiger partial charge in [-0.15, -0.1) is 0 Å². The summed E-state index contributed by atoms with van der Waals surface area (Å²) in [6.45, 7) is -0.158. The number of hydrogen-bond acceptors (Lipinski definition) is 4. The number of aromatic nitrogens is 4. The van der Waals surface area contributed by atoms with Crippen LogP contribution in [-0.2, 0) is 13.7 Å². The molecule has 0 fully saturated rings. The number of hydrogen-bond donors (Lipinski definition) is 1. The molecule has 0 aromatic carbocycles. The predicted octanol–water partition coefficient (Wildman–Crippen LogP) is 1.02. The van der Waals surface area contributed by atoms with E-state index in [2.05, 4.69) is 15.1 Å². The standard InChI is InChI=1S/C9H9ClN4O/c1-14-6(5-15)7(10)8(13-14)9-11-3-2-4-12-9/h2-4,15H,5H2,1H3. The van der Waals surface area contributed by atoms with E-state index in [-0.39, 0.29) is 6.61 Å². The molecule has 0 bridgehead atoms. The van der Waals surface area contributed by atoms with Crippen LogP contribution in [-0.4, -0.2) is 24.9 Å². The first-order chi connectivity index (χ1) is 7.24. The first-order valence-corrected chi connectivity index (χ1v) is 4.71. The van der Waals surface area contributed by atoms with Gasteiger partial charge in [-0.05, 0) is 6.07 Å². The fraction of sp³-hybridized carbons (Fsp3) is 0.222. The van der Waals surface area contributed by atoms with Gasteiger partial charge in [-0.25, -0.2) is 9.97 Å². The van der Waals surface area contributed by atoms with Gasteiger partial charge < -0.3 is 5.11 Å². The Bertz CT molecular complexity index is 468. The van der Waals surface area contributed by atoms with Gasteiger partial charge in [0.2, 0.25) is 0 Å². The van der Waals surface area contributed by atoms with E-state index < -0.39 is 0 Å². The number of rotatable bonds is 2. The van der Waals surface area contributed by atoms with Crippen molar-refractivity contribution < 1.29 is 5.11 Å². The molecule has 2 aromatic heterocycles. The van der Waals surface area contributed by atoms with E-state index >= 15 is 0 Å². The largest absolute Gasteiger partial charge is 0.390 e. The highest BCUT2D eigenvalue weighted by Gasteiger charge is 2.16. The first-order valence-electron chi connectivity index (χ1n) is 4.33. The van der Waals surface area contributed by atoms with E-state index in [4.69, 9.17) is 16.7 Å². The van der Waals surface area contributed by atoms with Crippen LogP contribution in [0.3, 0.4) is 0 Å². The summed E-state index contributed by atoms with van der Waals surface area (Å²) in [7, 11) is 1.71. The van der Waals surface area contributed by atoms with Crippen LogP contribution in [0.15, 0.2) is 18.5 Å². The highest BCUT2D eigenvalue weighted by Crippen LogP contribution is 2.26. The minimum absolute atomic E-state index is 0.158. The molecule has 1 N–H and O–H groups in total. The van der Waals surface area contributed by atoms with Crippen LogP contribution in [0.1, 0.15) is 5.69 Å². The molecule has 0 atom stereocenters. The zero-order chi connectivity index (χ0) is 10.8. The van der Waals surface area contributed by atoms with E-state index in [1.807, 2.05) is 0 Å². The van der Waals surface area contributed by atoms with Crippen molar-refractivity contribution in [3.63, 3.8) is 0 Å². The zero-order valence-corrected chi connectivity index (χ0v) is 8.81. The molecule has 6 heteroatoms. The topological polar surface area (TPSA) is 63.8 Å². The van der Waals surface area contributed by atoms with Crippen molar-refractivity contribution in [3.05, 3.63) is 29.2 Å². The van der Waals surface area contributed by atoms with Crippen LogP contribution in [0.2, 0.25) is 5.02 Å². The van der Waals surface area contributed by atoms with Crippen LogP contribution >= 0.6 is 11.6 Å². The Morgan fingerprint density at radius 1 is 1.40 bits per heavy atom. The average Bonchev–Trinajstić information content (AvgIpc) is 2.55. The fourth-order valence-corrected chi connectivity index (χ4v) is 1.57. The molecular weight excluding hydrogens is 216 g/mol. The summed E-state index contributed by atoms with van der Waals surface area (Å²) in [5.74, 6) is 0.456. The number of nitrogens with zero attached hydrogens (tertiary/aromatic N) is 4. The second-order valence-corrected chi connectivity index (χ2v) is 3.34. The van der Waals surface area contributed by atoms with Crippen LogP contribution in [0, 0.1) is 0 Å². The lowest BCUT2D eigenvalue weighted by Gasteiger charge is -1.95. The molecular formula is C9H9ClN4O. The van der Waals surface area contributed by atoms with E-state index in [0.29, 0.717) is 22.2 Å². The number of aliphatic hydroxyl groups excluding tert-OH is 1.